The first-order valence-electron chi connectivity index (χ1n) is 10.4. The largest absolute Gasteiger partial charge is 0.396 e. The molecule has 0 saturated heterocycles. The monoisotopic (exact) mass is 346 g/mol. The summed E-state index contributed by atoms with van der Waals surface area (Å²) in [5.41, 5.74) is 0. The predicted octanol–water partition coefficient (Wildman–Crippen LogP) is 7.48. The van der Waals surface area contributed by atoms with E-state index in [1.807, 2.05) is 0 Å². The molecule has 0 spiro atoms. The first kappa shape index (κ1) is 23.2. The van der Waals surface area contributed by atoms with Gasteiger partial charge in [-0.1, -0.05) is 97.8 Å². The predicted molar refractivity (Wildman–Crippen MR) is 105 cm³/mol. The molecule has 140 valence electrons. The van der Waals surface area contributed by atoms with E-state index in [4.69, 9.17) is 16.7 Å². The molecule has 0 fully saturated rings. The highest BCUT2D eigenvalue weighted by molar-refractivity contribution is 6.24. The first-order chi connectivity index (χ1) is 11.1. The van der Waals surface area contributed by atoms with Crippen molar-refractivity contribution >= 4 is 11.6 Å². The second-order valence-electron chi connectivity index (χ2n) is 7.66. The molecule has 0 heterocycles. The minimum Gasteiger partial charge on any atom is -0.396 e. The Hall–Kier alpha value is 0.250. The molecule has 0 aromatic rings. The molecular weight excluding hydrogens is 304 g/mol. The van der Waals surface area contributed by atoms with Crippen LogP contribution in [-0.4, -0.2) is 16.6 Å². The summed E-state index contributed by atoms with van der Waals surface area (Å²) in [4.78, 5) is -0.0960. The fraction of sp³-hybridized carbons (Fsp3) is 1.00. The Labute approximate surface area is 151 Å². The van der Waals surface area contributed by atoms with Gasteiger partial charge in [-0.2, -0.15) is 0 Å². The van der Waals surface area contributed by atoms with Gasteiger partial charge in [0.25, 0.3) is 0 Å². The third kappa shape index (κ3) is 13.2. The van der Waals surface area contributed by atoms with Gasteiger partial charge in [0.05, 0.1) is 0 Å². The van der Waals surface area contributed by atoms with E-state index in [1.54, 1.807) is 0 Å². The van der Waals surface area contributed by atoms with Crippen LogP contribution in [0.4, 0.5) is 0 Å². The van der Waals surface area contributed by atoms with Crippen LogP contribution in [0.15, 0.2) is 0 Å². The zero-order valence-electron chi connectivity index (χ0n) is 16.2. The highest BCUT2D eigenvalue weighted by Gasteiger charge is 2.29. The molecule has 0 aromatic carbocycles. The third-order valence-corrected chi connectivity index (χ3v) is 6.05. The van der Waals surface area contributed by atoms with Crippen LogP contribution in [-0.2, 0) is 0 Å². The fourth-order valence-corrected chi connectivity index (χ4v) is 3.60. The van der Waals surface area contributed by atoms with Crippen molar-refractivity contribution in [1.82, 2.24) is 0 Å². The van der Waals surface area contributed by atoms with Gasteiger partial charge in [-0.25, -0.2) is 0 Å². The van der Waals surface area contributed by atoms with E-state index in [0.717, 1.165) is 19.3 Å². The van der Waals surface area contributed by atoms with Crippen LogP contribution >= 0.6 is 11.6 Å². The summed E-state index contributed by atoms with van der Waals surface area (Å²) in [6.07, 6.45) is 19.5. The van der Waals surface area contributed by atoms with Gasteiger partial charge in [0.1, 0.15) is 0 Å². The molecule has 0 aliphatic heterocycles. The maximum Gasteiger partial charge on any atom is 0.0470 e. The first-order valence-corrected chi connectivity index (χ1v) is 10.7. The summed E-state index contributed by atoms with van der Waals surface area (Å²) >= 11 is 6.78. The van der Waals surface area contributed by atoms with Crippen molar-refractivity contribution in [1.29, 1.82) is 0 Å². The quantitative estimate of drug-likeness (QED) is 0.214. The van der Waals surface area contributed by atoms with Crippen molar-refractivity contribution in [2.24, 2.45) is 5.92 Å². The van der Waals surface area contributed by atoms with Crippen molar-refractivity contribution in [2.45, 2.75) is 122 Å². The normalized spacial score (nSPS) is 14.3. The second-order valence-corrected chi connectivity index (χ2v) is 8.41. The van der Waals surface area contributed by atoms with E-state index in [1.165, 1.54) is 77.0 Å². The lowest BCUT2D eigenvalue weighted by Gasteiger charge is -2.31. The molecule has 0 bridgehead atoms. The summed E-state index contributed by atoms with van der Waals surface area (Å²) in [6.45, 7) is 6.97. The minimum absolute atomic E-state index is 0.0960. The van der Waals surface area contributed by atoms with E-state index >= 15 is 0 Å². The smallest absolute Gasteiger partial charge is 0.0470 e. The molecule has 2 heteroatoms. The maximum absolute atomic E-state index is 9.03. The molecule has 1 unspecified atom stereocenters. The number of unbranched alkanes of at least 4 members (excludes halogenated alkanes) is 11. The Morgan fingerprint density at radius 3 is 1.48 bits per heavy atom. The maximum atomic E-state index is 9.03. The van der Waals surface area contributed by atoms with Gasteiger partial charge in [0.2, 0.25) is 0 Å². The van der Waals surface area contributed by atoms with E-state index in [-0.39, 0.29) is 11.5 Å². The molecule has 0 rings (SSSR count). The Kier molecular flexibility index (Phi) is 15.9. The number of rotatable bonds is 17. The lowest BCUT2D eigenvalue weighted by molar-refractivity contribution is 0.258. The molecule has 0 amide bonds. The number of halogens is 1. The number of aliphatic hydroxyl groups is 1. The van der Waals surface area contributed by atoms with Crippen LogP contribution in [0.2, 0.25) is 0 Å². The number of aliphatic hydroxyl groups excluding tert-OH is 1. The summed E-state index contributed by atoms with van der Waals surface area (Å²) in [7, 11) is 0. The molecule has 0 saturated carbocycles. The van der Waals surface area contributed by atoms with Crippen molar-refractivity contribution in [3.8, 4) is 0 Å². The fourth-order valence-electron chi connectivity index (χ4n) is 3.34. The molecule has 0 radical (unpaired) electrons. The highest BCUT2D eigenvalue weighted by Crippen LogP contribution is 2.35. The van der Waals surface area contributed by atoms with Crippen LogP contribution in [0.1, 0.15) is 117 Å². The average Bonchev–Trinajstić information content (AvgIpc) is 2.53. The van der Waals surface area contributed by atoms with Crippen LogP contribution in [0.3, 0.4) is 0 Å². The number of hydrogen-bond donors (Lipinski definition) is 1. The molecule has 0 aliphatic rings. The topological polar surface area (TPSA) is 20.2 Å². The lowest BCUT2D eigenvalue weighted by atomic mass is 9.85. The summed E-state index contributed by atoms with van der Waals surface area (Å²) in [5.74, 6) is 0.489. The number of alkyl halides is 1. The Morgan fingerprint density at radius 1 is 0.696 bits per heavy atom. The van der Waals surface area contributed by atoms with Gasteiger partial charge >= 0.3 is 0 Å². The zero-order valence-corrected chi connectivity index (χ0v) is 17.0. The summed E-state index contributed by atoms with van der Waals surface area (Å²) in [5, 5.41) is 9.03. The van der Waals surface area contributed by atoms with Crippen LogP contribution < -0.4 is 0 Å². The van der Waals surface area contributed by atoms with Gasteiger partial charge < -0.3 is 5.11 Å². The average molecular weight is 347 g/mol. The molecule has 1 nitrogen and oxygen atoms in total. The van der Waals surface area contributed by atoms with Crippen LogP contribution in [0.5, 0.6) is 0 Å². The van der Waals surface area contributed by atoms with Gasteiger partial charge in [-0.3, -0.25) is 0 Å². The van der Waals surface area contributed by atoms with Crippen LogP contribution in [0, 0.1) is 5.92 Å². The minimum atomic E-state index is -0.0960. The van der Waals surface area contributed by atoms with Crippen molar-refractivity contribution in [3.63, 3.8) is 0 Å². The Morgan fingerprint density at radius 2 is 1.09 bits per heavy atom. The zero-order chi connectivity index (χ0) is 17.4. The molecule has 23 heavy (non-hydrogen) atoms. The lowest BCUT2D eigenvalue weighted by Crippen LogP contribution is -2.28. The van der Waals surface area contributed by atoms with Crippen molar-refractivity contribution < 1.29 is 5.11 Å². The van der Waals surface area contributed by atoms with Gasteiger partial charge in [0.15, 0.2) is 0 Å². The van der Waals surface area contributed by atoms with E-state index < -0.39 is 0 Å². The van der Waals surface area contributed by atoms with Gasteiger partial charge in [-0.15, -0.1) is 11.6 Å². The molecule has 0 aromatic heterocycles. The Bertz CT molecular complexity index is 242. The summed E-state index contributed by atoms with van der Waals surface area (Å²) < 4.78 is 0. The number of hydrogen-bond acceptors (Lipinski definition) is 1. The van der Waals surface area contributed by atoms with Crippen molar-refractivity contribution in [3.05, 3.63) is 0 Å². The molecule has 1 N–H and O–H groups in total. The molecule has 0 aliphatic carbocycles. The molecular formula is C21H43ClO. The van der Waals surface area contributed by atoms with Crippen LogP contribution in [0.25, 0.3) is 0 Å². The SMILES string of the molecule is CCCCCCCCCCCCCCC(Cl)(CCCO)C(C)C. The highest BCUT2D eigenvalue weighted by atomic mass is 35.5. The van der Waals surface area contributed by atoms with E-state index in [0.29, 0.717) is 5.92 Å². The van der Waals surface area contributed by atoms with Crippen molar-refractivity contribution in [2.75, 3.05) is 6.61 Å². The molecule has 1 atom stereocenters. The Balaban J connectivity index is 3.46. The van der Waals surface area contributed by atoms with E-state index in [2.05, 4.69) is 20.8 Å². The standard InChI is InChI=1S/C21H43ClO/c1-4-5-6-7-8-9-10-11-12-13-14-15-17-21(22,20(2)3)18-16-19-23/h20,23H,4-19H2,1-3H3. The summed E-state index contributed by atoms with van der Waals surface area (Å²) in [6, 6.07) is 0. The third-order valence-electron chi connectivity index (χ3n) is 5.23. The second kappa shape index (κ2) is 15.8. The van der Waals surface area contributed by atoms with Gasteiger partial charge in [-0.05, 0) is 25.2 Å². The van der Waals surface area contributed by atoms with E-state index in [9.17, 15) is 0 Å². The van der Waals surface area contributed by atoms with Gasteiger partial charge in [0, 0.05) is 11.5 Å².